The molecule has 1 atom stereocenters. The van der Waals surface area contributed by atoms with Gasteiger partial charge in [-0.1, -0.05) is 0 Å². The van der Waals surface area contributed by atoms with E-state index < -0.39 is 0 Å². The van der Waals surface area contributed by atoms with Crippen molar-refractivity contribution in [2.75, 3.05) is 24.1 Å². The molecule has 0 unspecified atom stereocenters. The van der Waals surface area contributed by atoms with Crippen molar-refractivity contribution in [3.05, 3.63) is 54.4 Å². The number of carbonyl (C=O) groups excluding carboxylic acids is 1. The molecule has 0 spiro atoms. The minimum atomic E-state index is 0.0459. The molecule has 3 heterocycles. The Morgan fingerprint density at radius 1 is 1.20 bits per heavy atom. The summed E-state index contributed by atoms with van der Waals surface area (Å²) >= 11 is 0. The lowest BCUT2D eigenvalue weighted by molar-refractivity contribution is 0.0714. The number of carbonyl (C=O) groups is 1. The Kier molecular flexibility index (Phi) is 3.97. The van der Waals surface area contributed by atoms with Gasteiger partial charge in [-0.25, -0.2) is 9.50 Å². The van der Waals surface area contributed by atoms with Gasteiger partial charge in [-0.15, -0.1) is 5.10 Å². The average molecular weight is 336 g/mol. The molecule has 3 aromatic rings. The molecule has 1 fully saturated rings. The molecular formula is C18H20N6O. The topological polar surface area (TPSA) is 88.5 Å². The molecule has 1 amide bonds. The Bertz CT molecular complexity index is 888. The molecule has 2 aromatic heterocycles. The third kappa shape index (κ3) is 3.26. The summed E-state index contributed by atoms with van der Waals surface area (Å²) in [7, 11) is 0. The number of benzene rings is 1. The van der Waals surface area contributed by atoms with Crippen molar-refractivity contribution in [1.29, 1.82) is 0 Å². The number of amides is 1. The number of nitrogens with two attached hydrogens (primary N) is 1. The lowest BCUT2D eigenvalue weighted by Crippen LogP contribution is -2.45. The first kappa shape index (κ1) is 15.4. The van der Waals surface area contributed by atoms with E-state index in [1.807, 2.05) is 23.2 Å². The van der Waals surface area contributed by atoms with Gasteiger partial charge in [-0.2, -0.15) is 0 Å². The lowest BCUT2D eigenvalue weighted by atomic mass is 10.0. The molecule has 7 heteroatoms. The molecule has 0 aliphatic carbocycles. The number of hydrogen-bond donors (Lipinski definition) is 2. The highest BCUT2D eigenvalue weighted by Gasteiger charge is 2.24. The number of imidazole rings is 1. The quantitative estimate of drug-likeness (QED) is 0.715. The van der Waals surface area contributed by atoms with Crippen molar-refractivity contribution < 1.29 is 4.79 Å². The molecule has 0 bridgehead atoms. The van der Waals surface area contributed by atoms with Crippen molar-refractivity contribution in [3.63, 3.8) is 0 Å². The van der Waals surface area contributed by atoms with Crippen molar-refractivity contribution in [3.8, 4) is 0 Å². The number of nitrogens with one attached hydrogen (secondary N) is 1. The number of likely N-dealkylation sites (tertiary alicyclic amines) is 1. The SMILES string of the molecule is Nc1ccc(C(=O)N2CCC[C@@H](Nc3ccc4nccn4n3)C2)cc1. The van der Waals surface area contributed by atoms with E-state index in [9.17, 15) is 4.79 Å². The second kappa shape index (κ2) is 6.43. The Morgan fingerprint density at radius 3 is 2.88 bits per heavy atom. The average Bonchev–Trinajstić information content (AvgIpc) is 3.10. The van der Waals surface area contributed by atoms with E-state index in [1.54, 1.807) is 35.0 Å². The van der Waals surface area contributed by atoms with Crippen LogP contribution in [0.3, 0.4) is 0 Å². The van der Waals surface area contributed by atoms with Gasteiger partial charge < -0.3 is 16.0 Å². The van der Waals surface area contributed by atoms with E-state index >= 15 is 0 Å². The molecule has 1 saturated heterocycles. The first-order valence-electron chi connectivity index (χ1n) is 8.41. The van der Waals surface area contributed by atoms with Crippen LogP contribution in [0.15, 0.2) is 48.8 Å². The minimum Gasteiger partial charge on any atom is -0.399 e. The summed E-state index contributed by atoms with van der Waals surface area (Å²) in [6, 6.07) is 11.1. The molecular weight excluding hydrogens is 316 g/mol. The van der Waals surface area contributed by atoms with Gasteiger partial charge in [0, 0.05) is 42.8 Å². The molecule has 0 saturated carbocycles. The second-order valence-corrected chi connectivity index (χ2v) is 6.31. The van der Waals surface area contributed by atoms with Gasteiger partial charge in [0.05, 0.1) is 0 Å². The predicted octanol–water partition coefficient (Wildman–Crippen LogP) is 2.03. The summed E-state index contributed by atoms with van der Waals surface area (Å²) in [5, 5.41) is 7.93. The van der Waals surface area contributed by atoms with E-state index in [-0.39, 0.29) is 11.9 Å². The molecule has 1 aliphatic rings. The van der Waals surface area contributed by atoms with E-state index in [1.165, 1.54) is 0 Å². The molecule has 0 radical (unpaired) electrons. The zero-order chi connectivity index (χ0) is 17.2. The molecule has 25 heavy (non-hydrogen) atoms. The van der Waals surface area contributed by atoms with E-state index in [0.717, 1.165) is 30.9 Å². The number of piperidine rings is 1. The normalized spacial score (nSPS) is 17.6. The summed E-state index contributed by atoms with van der Waals surface area (Å²) < 4.78 is 1.74. The third-order valence-electron chi connectivity index (χ3n) is 4.47. The van der Waals surface area contributed by atoms with Crippen LogP contribution in [0.1, 0.15) is 23.2 Å². The Hall–Kier alpha value is -3.09. The first-order valence-corrected chi connectivity index (χ1v) is 8.41. The Morgan fingerprint density at radius 2 is 2.04 bits per heavy atom. The van der Waals surface area contributed by atoms with Crippen LogP contribution in [0.25, 0.3) is 5.65 Å². The van der Waals surface area contributed by atoms with Crippen LogP contribution in [0.2, 0.25) is 0 Å². The first-order chi connectivity index (χ1) is 12.2. The Labute approximate surface area is 145 Å². The number of fused-ring (bicyclic) bond motifs is 1. The van der Waals surface area contributed by atoms with Crippen molar-refractivity contribution in [2.45, 2.75) is 18.9 Å². The van der Waals surface area contributed by atoms with Gasteiger partial charge in [0.15, 0.2) is 5.65 Å². The van der Waals surface area contributed by atoms with Crippen LogP contribution in [0.4, 0.5) is 11.5 Å². The minimum absolute atomic E-state index is 0.0459. The monoisotopic (exact) mass is 336 g/mol. The molecule has 7 nitrogen and oxygen atoms in total. The molecule has 4 rings (SSSR count). The Balaban J connectivity index is 1.45. The maximum absolute atomic E-state index is 12.7. The summed E-state index contributed by atoms with van der Waals surface area (Å²) in [4.78, 5) is 18.8. The summed E-state index contributed by atoms with van der Waals surface area (Å²) in [5.74, 6) is 0.835. The van der Waals surface area contributed by atoms with E-state index in [4.69, 9.17) is 5.73 Å². The number of rotatable bonds is 3. The standard InChI is InChI=1S/C18H20N6O/c19-14-5-3-13(4-6-14)18(25)23-10-1-2-15(12-23)21-16-7-8-17-20-9-11-24(17)22-16/h3-9,11,15H,1-2,10,12,19H2,(H,21,22)/t15-/m1/s1. The van der Waals surface area contributed by atoms with E-state index in [2.05, 4.69) is 15.4 Å². The molecule has 1 aromatic carbocycles. The van der Waals surface area contributed by atoms with Crippen molar-refractivity contribution in [1.82, 2.24) is 19.5 Å². The van der Waals surface area contributed by atoms with Crippen LogP contribution >= 0.6 is 0 Å². The predicted molar refractivity (Wildman–Crippen MR) is 96.4 cm³/mol. The number of hydrogen-bond acceptors (Lipinski definition) is 5. The van der Waals surface area contributed by atoms with Crippen LogP contribution in [0.5, 0.6) is 0 Å². The fourth-order valence-electron chi connectivity index (χ4n) is 3.19. The number of aromatic nitrogens is 3. The highest BCUT2D eigenvalue weighted by molar-refractivity contribution is 5.94. The summed E-state index contributed by atoms with van der Waals surface area (Å²) in [5.41, 5.74) is 7.85. The van der Waals surface area contributed by atoms with Crippen molar-refractivity contribution in [2.24, 2.45) is 0 Å². The summed E-state index contributed by atoms with van der Waals surface area (Å²) in [6.07, 6.45) is 5.51. The van der Waals surface area contributed by atoms with Gasteiger partial charge in [0.1, 0.15) is 5.82 Å². The molecule has 128 valence electrons. The van der Waals surface area contributed by atoms with Crippen LogP contribution in [0, 0.1) is 0 Å². The maximum atomic E-state index is 12.7. The van der Waals surface area contributed by atoms with Gasteiger partial charge in [-0.05, 0) is 49.2 Å². The van der Waals surface area contributed by atoms with Gasteiger partial charge in [0.25, 0.3) is 5.91 Å². The largest absolute Gasteiger partial charge is 0.399 e. The van der Waals surface area contributed by atoms with E-state index in [0.29, 0.717) is 17.8 Å². The van der Waals surface area contributed by atoms with Gasteiger partial charge >= 0.3 is 0 Å². The van der Waals surface area contributed by atoms with Gasteiger partial charge in [0.2, 0.25) is 0 Å². The van der Waals surface area contributed by atoms with Crippen LogP contribution in [-0.2, 0) is 0 Å². The number of anilines is 2. The number of nitrogen functional groups attached to an aromatic ring is 1. The fraction of sp³-hybridized carbons (Fsp3) is 0.278. The smallest absolute Gasteiger partial charge is 0.253 e. The fourth-order valence-corrected chi connectivity index (χ4v) is 3.19. The zero-order valence-corrected chi connectivity index (χ0v) is 13.8. The highest BCUT2D eigenvalue weighted by atomic mass is 16.2. The number of nitrogens with zero attached hydrogens (tertiary/aromatic N) is 4. The lowest BCUT2D eigenvalue weighted by Gasteiger charge is -2.33. The zero-order valence-electron chi connectivity index (χ0n) is 13.8. The van der Waals surface area contributed by atoms with Crippen LogP contribution < -0.4 is 11.1 Å². The van der Waals surface area contributed by atoms with Crippen LogP contribution in [-0.4, -0.2) is 44.5 Å². The maximum Gasteiger partial charge on any atom is 0.253 e. The highest BCUT2D eigenvalue weighted by Crippen LogP contribution is 2.18. The second-order valence-electron chi connectivity index (χ2n) is 6.31. The third-order valence-corrected chi connectivity index (χ3v) is 4.47. The summed E-state index contributed by atoms with van der Waals surface area (Å²) in [6.45, 7) is 1.43. The van der Waals surface area contributed by atoms with Crippen molar-refractivity contribution >= 4 is 23.1 Å². The molecule has 1 aliphatic heterocycles. The molecule has 3 N–H and O–H groups in total. The van der Waals surface area contributed by atoms with Gasteiger partial charge in [-0.3, -0.25) is 4.79 Å².